The lowest BCUT2D eigenvalue weighted by Crippen LogP contribution is -2.38. The SMILES string of the molecule is CCC(C)N(CC)C(=O)c1cc(Br)c[nH]1. The normalized spacial score (nSPS) is 12.5. The Morgan fingerprint density at radius 3 is 2.67 bits per heavy atom. The Balaban J connectivity index is 2.82. The van der Waals surface area contributed by atoms with Gasteiger partial charge >= 0.3 is 0 Å². The third kappa shape index (κ3) is 2.84. The topological polar surface area (TPSA) is 36.1 Å². The van der Waals surface area contributed by atoms with Crippen molar-refractivity contribution in [1.82, 2.24) is 9.88 Å². The van der Waals surface area contributed by atoms with E-state index in [2.05, 4.69) is 34.8 Å². The highest BCUT2D eigenvalue weighted by atomic mass is 79.9. The number of nitrogens with one attached hydrogen (secondary N) is 1. The standard InChI is InChI=1S/C11H17BrN2O/c1-4-8(3)14(5-2)11(15)10-6-9(12)7-13-10/h6-8,13H,4-5H2,1-3H3. The summed E-state index contributed by atoms with van der Waals surface area (Å²) in [6.07, 6.45) is 2.75. The number of halogens is 1. The van der Waals surface area contributed by atoms with Crippen LogP contribution in [0.2, 0.25) is 0 Å². The first-order valence-corrected chi connectivity index (χ1v) is 6.04. The number of carbonyl (C=O) groups is 1. The molecule has 15 heavy (non-hydrogen) atoms. The van der Waals surface area contributed by atoms with Gasteiger partial charge in [0.2, 0.25) is 0 Å². The van der Waals surface area contributed by atoms with Crippen molar-refractivity contribution in [2.75, 3.05) is 6.54 Å². The summed E-state index contributed by atoms with van der Waals surface area (Å²) in [7, 11) is 0. The lowest BCUT2D eigenvalue weighted by atomic mass is 10.2. The molecule has 1 aromatic rings. The molecule has 1 atom stereocenters. The zero-order valence-corrected chi connectivity index (χ0v) is 11.0. The van der Waals surface area contributed by atoms with Gasteiger partial charge < -0.3 is 9.88 Å². The highest BCUT2D eigenvalue weighted by Crippen LogP contribution is 2.14. The van der Waals surface area contributed by atoms with Crippen LogP contribution in [0.25, 0.3) is 0 Å². The maximum atomic E-state index is 12.1. The maximum Gasteiger partial charge on any atom is 0.270 e. The minimum absolute atomic E-state index is 0.0672. The van der Waals surface area contributed by atoms with E-state index in [9.17, 15) is 4.79 Å². The van der Waals surface area contributed by atoms with Gasteiger partial charge in [-0.2, -0.15) is 0 Å². The second-order valence-corrected chi connectivity index (χ2v) is 4.50. The monoisotopic (exact) mass is 272 g/mol. The minimum atomic E-state index is 0.0672. The zero-order chi connectivity index (χ0) is 11.4. The van der Waals surface area contributed by atoms with Crippen LogP contribution in [0.15, 0.2) is 16.7 Å². The Morgan fingerprint density at radius 2 is 2.27 bits per heavy atom. The van der Waals surface area contributed by atoms with Crippen molar-refractivity contribution in [3.63, 3.8) is 0 Å². The predicted molar refractivity (Wildman–Crippen MR) is 65.0 cm³/mol. The molecule has 0 fully saturated rings. The van der Waals surface area contributed by atoms with Gasteiger partial charge in [0.1, 0.15) is 5.69 Å². The number of nitrogens with zero attached hydrogens (tertiary/aromatic N) is 1. The van der Waals surface area contributed by atoms with E-state index < -0.39 is 0 Å². The van der Waals surface area contributed by atoms with Crippen molar-refractivity contribution >= 4 is 21.8 Å². The Hall–Kier alpha value is -0.770. The summed E-state index contributed by atoms with van der Waals surface area (Å²) in [5.74, 6) is 0.0672. The Bertz CT molecular complexity index is 335. The van der Waals surface area contributed by atoms with Gasteiger partial charge in [0.15, 0.2) is 0 Å². The van der Waals surface area contributed by atoms with Crippen LogP contribution >= 0.6 is 15.9 Å². The van der Waals surface area contributed by atoms with Gasteiger partial charge in [-0.15, -0.1) is 0 Å². The number of aromatic amines is 1. The molecule has 1 rings (SSSR count). The number of amides is 1. The molecule has 3 nitrogen and oxygen atoms in total. The molecule has 0 bridgehead atoms. The third-order valence-electron chi connectivity index (χ3n) is 2.60. The molecular formula is C11H17BrN2O. The summed E-state index contributed by atoms with van der Waals surface area (Å²) in [5, 5.41) is 0. The molecule has 4 heteroatoms. The van der Waals surface area contributed by atoms with Gasteiger partial charge in [-0.25, -0.2) is 0 Å². The van der Waals surface area contributed by atoms with Crippen LogP contribution in [-0.4, -0.2) is 28.4 Å². The molecule has 1 unspecified atom stereocenters. The summed E-state index contributed by atoms with van der Waals surface area (Å²) in [6.45, 7) is 6.90. The first kappa shape index (κ1) is 12.3. The molecule has 0 spiro atoms. The van der Waals surface area contributed by atoms with Crippen LogP contribution in [0.3, 0.4) is 0 Å². The fourth-order valence-corrected chi connectivity index (χ4v) is 1.87. The fraction of sp³-hybridized carbons (Fsp3) is 0.545. The van der Waals surface area contributed by atoms with E-state index in [-0.39, 0.29) is 11.9 Å². The molecule has 1 N–H and O–H groups in total. The van der Waals surface area contributed by atoms with Crippen LogP contribution in [0.1, 0.15) is 37.7 Å². The molecule has 0 radical (unpaired) electrons. The molecule has 0 saturated heterocycles. The number of rotatable bonds is 4. The molecule has 84 valence electrons. The van der Waals surface area contributed by atoms with Crippen LogP contribution in [0, 0.1) is 0 Å². The summed E-state index contributed by atoms with van der Waals surface area (Å²) in [5.41, 5.74) is 0.643. The van der Waals surface area contributed by atoms with Crippen LogP contribution < -0.4 is 0 Å². The molecule has 0 aromatic carbocycles. The first-order chi connectivity index (χ1) is 7.10. The van der Waals surface area contributed by atoms with Crippen molar-refractivity contribution in [2.45, 2.75) is 33.2 Å². The fourth-order valence-electron chi connectivity index (χ4n) is 1.52. The van der Waals surface area contributed by atoms with Crippen molar-refractivity contribution in [3.05, 3.63) is 22.4 Å². The molecule has 0 saturated carbocycles. The van der Waals surface area contributed by atoms with E-state index in [0.29, 0.717) is 5.69 Å². The van der Waals surface area contributed by atoms with E-state index in [1.54, 1.807) is 6.20 Å². The van der Waals surface area contributed by atoms with Crippen molar-refractivity contribution in [2.24, 2.45) is 0 Å². The number of hydrogen-bond donors (Lipinski definition) is 1. The van der Waals surface area contributed by atoms with E-state index in [0.717, 1.165) is 17.4 Å². The average Bonchev–Trinajstić information content (AvgIpc) is 2.65. The molecule has 0 aliphatic rings. The molecule has 1 amide bonds. The molecule has 1 heterocycles. The van der Waals surface area contributed by atoms with Gasteiger partial charge in [0.25, 0.3) is 5.91 Å². The quantitative estimate of drug-likeness (QED) is 0.899. The van der Waals surface area contributed by atoms with Crippen LogP contribution in [0.4, 0.5) is 0 Å². The summed E-state index contributed by atoms with van der Waals surface area (Å²) in [6, 6.07) is 2.09. The minimum Gasteiger partial charge on any atom is -0.356 e. The van der Waals surface area contributed by atoms with Gasteiger partial charge in [-0.3, -0.25) is 4.79 Å². The van der Waals surface area contributed by atoms with Gasteiger partial charge in [-0.1, -0.05) is 6.92 Å². The Labute approximate surface area is 99.0 Å². The largest absolute Gasteiger partial charge is 0.356 e. The lowest BCUT2D eigenvalue weighted by Gasteiger charge is -2.26. The van der Waals surface area contributed by atoms with E-state index in [1.165, 1.54) is 0 Å². The molecule has 1 aromatic heterocycles. The number of aromatic nitrogens is 1. The second kappa shape index (κ2) is 5.35. The van der Waals surface area contributed by atoms with Crippen molar-refractivity contribution in [3.8, 4) is 0 Å². The summed E-state index contributed by atoms with van der Waals surface area (Å²) in [4.78, 5) is 16.9. The lowest BCUT2D eigenvalue weighted by molar-refractivity contribution is 0.0694. The molecular weight excluding hydrogens is 256 g/mol. The van der Waals surface area contributed by atoms with Crippen molar-refractivity contribution < 1.29 is 4.79 Å². The first-order valence-electron chi connectivity index (χ1n) is 5.25. The Morgan fingerprint density at radius 1 is 1.60 bits per heavy atom. The van der Waals surface area contributed by atoms with Crippen LogP contribution in [-0.2, 0) is 0 Å². The third-order valence-corrected chi connectivity index (χ3v) is 3.06. The summed E-state index contributed by atoms with van der Waals surface area (Å²) < 4.78 is 0.908. The summed E-state index contributed by atoms with van der Waals surface area (Å²) >= 11 is 3.32. The second-order valence-electron chi connectivity index (χ2n) is 3.58. The smallest absolute Gasteiger partial charge is 0.270 e. The van der Waals surface area contributed by atoms with E-state index in [4.69, 9.17) is 0 Å². The van der Waals surface area contributed by atoms with Crippen molar-refractivity contribution in [1.29, 1.82) is 0 Å². The number of hydrogen-bond acceptors (Lipinski definition) is 1. The van der Waals surface area contributed by atoms with Gasteiger partial charge in [0, 0.05) is 23.3 Å². The van der Waals surface area contributed by atoms with E-state index >= 15 is 0 Å². The highest BCUT2D eigenvalue weighted by Gasteiger charge is 2.19. The predicted octanol–water partition coefficient (Wildman–Crippen LogP) is 3.04. The Kier molecular flexibility index (Phi) is 4.39. The molecule has 0 aliphatic carbocycles. The number of carbonyl (C=O) groups excluding carboxylic acids is 1. The average molecular weight is 273 g/mol. The van der Waals surface area contributed by atoms with Gasteiger partial charge in [-0.05, 0) is 42.3 Å². The molecule has 0 aliphatic heterocycles. The van der Waals surface area contributed by atoms with Crippen LogP contribution in [0.5, 0.6) is 0 Å². The van der Waals surface area contributed by atoms with E-state index in [1.807, 2.05) is 17.9 Å². The zero-order valence-electron chi connectivity index (χ0n) is 9.38. The maximum absolute atomic E-state index is 12.1. The van der Waals surface area contributed by atoms with Gasteiger partial charge in [0.05, 0.1) is 0 Å². The highest BCUT2D eigenvalue weighted by molar-refractivity contribution is 9.10. The number of H-pyrrole nitrogens is 1.